The van der Waals surface area contributed by atoms with Crippen molar-refractivity contribution in [1.82, 2.24) is 0 Å². The van der Waals surface area contributed by atoms with Crippen molar-refractivity contribution in [2.75, 3.05) is 19.5 Å². The molecular weight excluding hydrogens is 434 g/mol. The number of esters is 2. The second kappa shape index (κ2) is 8.47. The Morgan fingerprint density at radius 1 is 1.06 bits per heavy atom. The van der Waals surface area contributed by atoms with Gasteiger partial charge >= 0.3 is 11.9 Å². The number of fused-ring (bicyclic) bond motifs is 1. The number of nitro groups is 2. The maximum absolute atomic E-state index is 12.7. The van der Waals surface area contributed by atoms with Crippen molar-refractivity contribution >= 4 is 45.6 Å². The molecule has 1 N–H and O–H groups in total. The van der Waals surface area contributed by atoms with E-state index in [-0.39, 0.29) is 16.1 Å². The van der Waals surface area contributed by atoms with Crippen LogP contribution in [0.5, 0.6) is 0 Å². The minimum atomic E-state index is -0.897. The van der Waals surface area contributed by atoms with Gasteiger partial charge in [-0.25, -0.2) is 4.79 Å². The number of thiophene rings is 1. The molecule has 1 atom stereocenters. The molecule has 0 radical (unpaired) electrons. The third kappa shape index (κ3) is 4.07. The normalized spacial score (nSPS) is 14.5. The number of hydrogen-bond donors (Lipinski definition) is 1. The van der Waals surface area contributed by atoms with Crippen molar-refractivity contribution in [3.8, 4) is 0 Å². The molecule has 0 aliphatic heterocycles. The Morgan fingerprint density at radius 2 is 1.68 bits per heavy atom. The van der Waals surface area contributed by atoms with E-state index in [2.05, 4.69) is 5.32 Å². The van der Waals surface area contributed by atoms with Gasteiger partial charge in [0.25, 0.3) is 17.3 Å². The van der Waals surface area contributed by atoms with Gasteiger partial charge in [0.15, 0.2) is 0 Å². The van der Waals surface area contributed by atoms with E-state index >= 15 is 0 Å². The Hall–Kier alpha value is -3.87. The average Bonchev–Trinajstić information content (AvgIpc) is 3.30. The Morgan fingerprint density at radius 3 is 2.19 bits per heavy atom. The van der Waals surface area contributed by atoms with Gasteiger partial charge < -0.3 is 14.8 Å². The number of ether oxygens (including phenoxy) is 2. The largest absolute Gasteiger partial charge is 0.469 e. The van der Waals surface area contributed by atoms with Gasteiger partial charge in [-0.15, -0.1) is 11.3 Å². The van der Waals surface area contributed by atoms with E-state index in [1.807, 2.05) is 0 Å². The van der Waals surface area contributed by atoms with E-state index in [4.69, 9.17) is 9.47 Å². The molecule has 3 rings (SSSR count). The second-order valence-corrected chi connectivity index (χ2v) is 7.56. The number of nitrogens with zero attached hydrogens (tertiary/aromatic N) is 2. The van der Waals surface area contributed by atoms with Crippen LogP contribution in [0, 0.1) is 20.2 Å². The third-order valence-electron chi connectivity index (χ3n) is 4.72. The molecule has 13 heteroatoms. The number of nitrogens with one attached hydrogen (secondary N) is 1. The van der Waals surface area contributed by atoms with Crippen LogP contribution in [-0.4, -0.2) is 41.9 Å². The summed E-state index contributed by atoms with van der Waals surface area (Å²) in [5, 5.41) is 24.7. The molecule has 1 heterocycles. The molecule has 0 fully saturated rings. The van der Waals surface area contributed by atoms with Crippen LogP contribution in [0.2, 0.25) is 0 Å². The highest BCUT2D eigenvalue weighted by Gasteiger charge is 2.38. The zero-order valence-electron chi connectivity index (χ0n) is 16.2. The first-order chi connectivity index (χ1) is 14.7. The number of benzene rings is 1. The number of nitro benzene ring substituents is 2. The Bertz CT molecular complexity index is 1090. The van der Waals surface area contributed by atoms with Crippen molar-refractivity contribution in [1.29, 1.82) is 0 Å². The minimum absolute atomic E-state index is 0.0105. The smallest absolute Gasteiger partial charge is 0.341 e. The van der Waals surface area contributed by atoms with Gasteiger partial charge in [-0.1, -0.05) is 0 Å². The van der Waals surface area contributed by atoms with Crippen molar-refractivity contribution < 1.29 is 33.7 Å². The number of carbonyl (C=O) groups excluding carboxylic acids is 3. The summed E-state index contributed by atoms with van der Waals surface area (Å²) < 4.78 is 9.59. The highest BCUT2D eigenvalue weighted by molar-refractivity contribution is 7.17. The highest BCUT2D eigenvalue weighted by atomic mass is 32.1. The van der Waals surface area contributed by atoms with Crippen molar-refractivity contribution in [3.63, 3.8) is 0 Å². The van der Waals surface area contributed by atoms with E-state index in [9.17, 15) is 34.6 Å². The molecule has 0 saturated carbocycles. The molecule has 0 spiro atoms. The number of rotatable bonds is 6. The van der Waals surface area contributed by atoms with E-state index in [1.165, 1.54) is 7.11 Å². The molecule has 1 unspecified atom stereocenters. The van der Waals surface area contributed by atoms with Gasteiger partial charge in [-0.2, -0.15) is 0 Å². The minimum Gasteiger partial charge on any atom is -0.469 e. The zero-order chi connectivity index (χ0) is 22.9. The fourth-order valence-corrected chi connectivity index (χ4v) is 4.61. The molecule has 1 aliphatic rings. The average molecular weight is 449 g/mol. The number of aryl methyl sites for hydroxylation is 1. The van der Waals surface area contributed by atoms with Crippen molar-refractivity contribution in [2.45, 2.75) is 18.8 Å². The summed E-state index contributed by atoms with van der Waals surface area (Å²) in [6.45, 7) is 0. The molecule has 162 valence electrons. The summed E-state index contributed by atoms with van der Waals surface area (Å²) in [5.74, 6) is -2.91. The number of carbonyl (C=O) groups is 3. The van der Waals surface area contributed by atoms with Gasteiger partial charge in [0.05, 0.1) is 47.2 Å². The lowest BCUT2D eigenvalue weighted by atomic mass is 9.99. The van der Waals surface area contributed by atoms with Crippen LogP contribution >= 0.6 is 11.3 Å². The number of non-ortho nitro benzene ring substituents is 2. The van der Waals surface area contributed by atoms with Gasteiger partial charge in [-0.05, 0) is 18.4 Å². The van der Waals surface area contributed by atoms with Crippen LogP contribution in [0.1, 0.15) is 43.5 Å². The molecule has 31 heavy (non-hydrogen) atoms. The number of anilines is 1. The van der Waals surface area contributed by atoms with E-state index < -0.39 is 45.0 Å². The van der Waals surface area contributed by atoms with Crippen molar-refractivity contribution in [3.05, 3.63) is 60.0 Å². The fraction of sp³-hybridized carbons (Fsp3) is 0.278. The van der Waals surface area contributed by atoms with Crippen LogP contribution in [0.3, 0.4) is 0 Å². The molecule has 0 saturated heterocycles. The highest BCUT2D eigenvalue weighted by Crippen LogP contribution is 2.46. The SMILES string of the molecule is COC(=O)c1c(NC(=O)c2cc([N+](=O)[O-])cc([N+](=O)[O-])c2)sc2c1C(C(=O)OC)CC2. The topological polar surface area (TPSA) is 168 Å². The van der Waals surface area contributed by atoms with Gasteiger partial charge in [0, 0.05) is 17.0 Å². The standard InChI is InChI=1S/C18H15N3O9S/c1-29-17(23)11-3-4-12-13(11)14(18(24)30-2)16(31-12)19-15(22)8-5-9(20(25)26)7-10(6-8)21(27)28/h5-7,11H,3-4H2,1-2H3,(H,19,22). The lowest BCUT2D eigenvalue weighted by Gasteiger charge is -2.11. The van der Waals surface area contributed by atoms with Gasteiger partial charge in [0.2, 0.25) is 0 Å². The predicted octanol–water partition coefficient (Wildman–Crippen LogP) is 2.81. The van der Waals surface area contributed by atoms with Crippen LogP contribution in [0.4, 0.5) is 16.4 Å². The van der Waals surface area contributed by atoms with E-state index in [1.54, 1.807) is 0 Å². The van der Waals surface area contributed by atoms with Crippen LogP contribution in [0.15, 0.2) is 18.2 Å². The maximum atomic E-state index is 12.7. The van der Waals surface area contributed by atoms with E-state index in [0.717, 1.165) is 36.6 Å². The summed E-state index contributed by atoms with van der Waals surface area (Å²) in [5.41, 5.74) is -1.21. The number of hydrogen-bond acceptors (Lipinski definition) is 10. The zero-order valence-corrected chi connectivity index (χ0v) is 17.0. The van der Waals surface area contributed by atoms with Crippen LogP contribution in [-0.2, 0) is 20.7 Å². The molecule has 12 nitrogen and oxygen atoms in total. The van der Waals surface area contributed by atoms with Crippen molar-refractivity contribution in [2.24, 2.45) is 0 Å². The van der Waals surface area contributed by atoms with Gasteiger partial charge in [0.1, 0.15) is 5.00 Å². The predicted molar refractivity (Wildman–Crippen MR) is 106 cm³/mol. The first kappa shape index (κ1) is 21.8. The first-order valence-corrected chi connectivity index (χ1v) is 9.56. The summed E-state index contributed by atoms with van der Waals surface area (Å²) >= 11 is 1.06. The third-order valence-corrected chi connectivity index (χ3v) is 5.90. The molecule has 1 aliphatic carbocycles. The first-order valence-electron chi connectivity index (χ1n) is 8.74. The summed E-state index contributed by atoms with van der Waals surface area (Å²) in [7, 11) is 2.37. The van der Waals surface area contributed by atoms with Crippen LogP contribution < -0.4 is 5.32 Å². The van der Waals surface area contributed by atoms with Crippen LogP contribution in [0.25, 0.3) is 0 Å². The monoisotopic (exact) mass is 449 g/mol. The summed E-state index contributed by atoms with van der Waals surface area (Å²) in [4.78, 5) is 58.4. The molecule has 0 bridgehead atoms. The Balaban J connectivity index is 2.03. The molecule has 1 amide bonds. The molecular formula is C18H15N3O9S. The Labute approximate surface area is 178 Å². The molecule has 1 aromatic heterocycles. The quantitative estimate of drug-likeness (QED) is 0.396. The maximum Gasteiger partial charge on any atom is 0.341 e. The fourth-order valence-electron chi connectivity index (χ4n) is 3.35. The van der Waals surface area contributed by atoms with Gasteiger partial charge in [-0.3, -0.25) is 29.8 Å². The lowest BCUT2D eigenvalue weighted by molar-refractivity contribution is -0.394. The number of amides is 1. The lowest BCUT2D eigenvalue weighted by Crippen LogP contribution is -2.18. The number of methoxy groups -OCH3 is 2. The summed E-state index contributed by atoms with van der Waals surface area (Å²) in [6.07, 6.45) is 0.908. The molecule has 1 aromatic carbocycles. The Kier molecular flexibility index (Phi) is 5.97. The summed E-state index contributed by atoms with van der Waals surface area (Å²) in [6, 6.07) is 2.51. The molecule has 2 aromatic rings. The second-order valence-electron chi connectivity index (χ2n) is 6.46. The van der Waals surface area contributed by atoms with E-state index in [0.29, 0.717) is 23.3 Å².